The zero-order valence-electron chi connectivity index (χ0n) is 17.5. The minimum Gasteiger partial charge on any atom is -0.476 e. The lowest BCUT2D eigenvalue weighted by molar-refractivity contribution is 0.0691. The molecule has 3 atom stereocenters. The van der Waals surface area contributed by atoms with E-state index in [1.807, 2.05) is 19.9 Å². The quantitative estimate of drug-likeness (QED) is 0.490. The van der Waals surface area contributed by atoms with Crippen molar-refractivity contribution >= 4 is 50.7 Å². The molecule has 1 aliphatic carbocycles. The summed E-state index contributed by atoms with van der Waals surface area (Å²) < 4.78 is 2.01. The Bertz CT molecular complexity index is 1320. The molecule has 166 valence electrons. The lowest BCUT2D eigenvalue weighted by Crippen LogP contribution is -2.28. The van der Waals surface area contributed by atoms with E-state index in [9.17, 15) is 14.7 Å². The average molecular weight is 519 g/mol. The van der Waals surface area contributed by atoms with E-state index in [4.69, 9.17) is 16.6 Å². The zero-order valence-corrected chi connectivity index (χ0v) is 19.8. The van der Waals surface area contributed by atoms with Crippen LogP contribution in [0.15, 0.2) is 33.7 Å². The third-order valence-electron chi connectivity index (χ3n) is 6.20. The maximum atomic E-state index is 13.2. The maximum absolute atomic E-state index is 13.2. The van der Waals surface area contributed by atoms with E-state index in [1.165, 1.54) is 12.5 Å². The number of rotatable bonds is 5. The zero-order chi connectivity index (χ0) is 22.7. The highest BCUT2D eigenvalue weighted by Crippen LogP contribution is 2.46. The van der Waals surface area contributed by atoms with Gasteiger partial charge in [0, 0.05) is 24.8 Å². The van der Waals surface area contributed by atoms with Crippen molar-refractivity contribution in [2.75, 3.05) is 23.3 Å². The van der Waals surface area contributed by atoms with Gasteiger partial charge in [0.05, 0.1) is 11.7 Å². The molecule has 0 amide bonds. The van der Waals surface area contributed by atoms with Gasteiger partial charge in [0.1, 0.15) is 15.3 Å². The normalized spacial score (nSPS) is 20.3. The maximum Gasteiger partial charge on any atom is 0.356 e. The van der Waals surface area contributed by atoms with Gasteiger partial charge in [-0.05, 0) is 71.8 Å². The lowest BCUT2D eigenvalue weighted by Gasteiger charge is -2.23. The van der Waals surface area contributed by atoms with Crippen LogP contribution in [0.3, 0.4) is 0 Å². The molecular weight excluding hydrogens is 498 g/mol. The number of aromatic carboxylic acids is 1. The second-order valence-corrected chi connectivity index (χ2v) is 9.76. The van der Waals surface area contributed by atoms with Crippen LogP contribution in [0.25, 0.3) is 5.65 Å². The largest absolute Gasteiger partial charge is 0.476 e. The van der Waals surface area contributed by atoms with Crippen molar-refractivity contribution in [1.82, 2.24) is 14.4 Å². The first-order valence-electron chi connectivity index (χ1n) is 10.4. The van der Waals surface area contributed by atoms with E-state index < -0.39 is 5.97 Å². The predicted octanol–water partition coefficient (Wildman–Crippen LogP) is 4.14. The van der Waals surface area contributed by atoms with E-state index >= 15 is 0 Å². The van der Waals surface area contributed by atoms with Crippen LogP contribution in [0, 0.1) is 18.8 Å². The number of piperidine rings is 1. The number of pyridine rings is 2. The highest BCUT2D eigenvalue weighted by atomic mass is 79.9. The van der Waals surface area contributed by atoms with Crippen LogP contribution in [-0.2, 0) is 0 Å². The second-order valence-electron chi connectivity index (χ2n) is 8.58. The summed E-state index contributed by atoms with van der Waals surface area (Å²) in [7, 11) is 0. The predicted molar refractivity (Wildman–Crippen MR) is 126 cm³/mol. The number of aryl methyl sites for hydroxylation is 1. The minimum atomic E-state index is -1.18. The molecule has 4 heterocycles. The van der Waals surface area contributed by atoms with Crippen molar-refractivity contribution in [3.8, 4) is 0 Å². The minimum absolute atomic E-state index is 0.105. The Morgan fingerprint density at radius 1 is 1.31 bits per heavy atom. The van der Waals surface area contributed by atoms with Gasteiger partial charge < -0.3 is 15.3 Å². The number of fused-ring (bicyclic) bond motifs is 2. The van der Waals surface area contributed by atoms with Crippen LogP contribution in [-0.4, -0.2) is 38.5 Å². The van der Waals surface area contributed by atoms with E-state index in [1.54, 1.807) is 16.7 Å². The fourth-order valence-corrected chi connectivity index (χ4v) is 5.18. The molecule has 2 N–H and O–H groups in total. The Labute approximate surface area is 197 Å². The highest BCUT2D eigenvalue weighted by Gasteiger charge is 2.46. The second kappa shape index (κ2) is 7.74. The van der Waals surface area contributed by atoms with Crippen molar-refractivity contribution in [1.29, 1.82) is 0 Å². The fourth-order valence-electron chi connectivity index (χ4n) is 4.50. The summed E-state index contributed by atoms with van der Waals surface area (Å²) >= 11 is 9.36. The highest BCUT2D eigenvalue weighted by molar-refractivity contribution is 9.10. The van der Waals surface area contributed by atoms with Crippen molar-refractivity contribution in [2.45, 2.75) is 26.3 Å². The third-order valence-corrected chi connectivity index (χ3v) is 7.10. The molecular formula is C22H21BrClN5O3. The number of carboxylic acids is 1. The number of nitrogens with one attached hydrogen (secondary N) is 1. The van der Waals surface area contributed by atoms with Crippen molar-refractivity contribution < 1.29 is 9.90 Å². The summed E-state index contributed by atoms with van der Waals surface area (Å²) in [5, 5.41) is 12.8. The molecule has 2 fully saturated rings. The molecule has 2 unspecified atom stereocenters. The first-order chi connectivity index (χ1) is 15.2. The summed E-state index contributed by atoms with van der Waals surface area (Å²) in [6.07, 6.45) is 3.02. The summed E-state index contributed by atoms with van der Waals surface area (Å²) in [5.41, 5.74) is 2.23. The number of anilines is 2. The van der Waals surface area contributed by atoms with Crippen molar-refractivity contribution in [3.05, 3.63) is 61.2 Å². The van der Waals surface area contributed by atoms with Crippen molar-refractivity contribution in [3.63, 3.8) is 0 Å². The molecule has 0 radical (unpaired) electrons. The molecule has 1 saturated heterocycles. The number of carbonyl (C=O) groups is 1. The molecule has 3 aromatic rings. The Morgan fingerprint density at radius 3 is 2.72 bits per heavy atom. The van der Waals surface area contributed by atoms with Gasteiger partial charge in [-0.25, -0.2) is 14.8 Å². The van der Waals surface area contributed by atoms with Crippen LogP contribution in [0.5, 0.6) is 0 Å². The number of nitrogens with zero attached hydrogens (tertiary/aromatic N) is 4. The molecule has 5 rings (SSSR count). The summed E-state index contributed by atoms with van der Waals surface area (Å²) in [5.74, 6) is 0.891. The molecule has 0 aromatic carbocycles. The van der Waals surface area contributed by atoms with Gasteiger partial charge >= 0.3 is 5.97 Å². The molecule has 1 aliphatic heterocycles. The first kappa shape index (κ1) is 21.2. The smallest absolute Gasteiger partial charge is 0.356 e. The number of aromatic nitrogens is 3. The van der Waals surface area contributed by atoms with E-state index in [0.717, 1.165) is 24.2 Å². The van der Waals surface area contributed by atoms with E-state index in [2.05, 4.69) is 31.1 Å². The number of hydrogen-bond acceptors (Lipinski definition) is 6. The van der Waals surface area contributed by atoms with Gasteiger partial charge in [0.2, 0.25) is 0 Å². The lowest BCUT2D eigenvalue weighted by atomic mass is 10.1. The molecule has 1 saturated carbocycles. The molecule has 3 aromatic heterocycles. The van der Waals surface area contributed by atoms with Crippen LogP contribution in [0.1, 0.15) is 41.0 Å². The first-order valence-corrected chi connectivity index (χ1v) is 11.5. The molecule has 0 bridgehead atoms. The SMILES string of the molecule is Cc1cc([C@@H](C)Nc2ccc(Cl)nc2C(=O)O)c2nc(N3CC4CC4C3)c(Br)c(=O)n2c1. The third kappa shape index (κ3) is 3.63. The van der Waals surface area contributed by atoms with Gasteiger partial charge in [-0.2, -0.15) is 0 Å². The van der Waals surface area contributed by atoms with Gasteiger partial charge in [0.15, 0.2) is 11.5 Å². The van der Waals surface area contributed by atoms with Crippen LogP contribution >= 0.6 is 27.5 Å². The van der Waals surface area contributed by atoms with Crippen LogP contribution in [0.2, 0.25) is 5.15 Å². The molecule has 2 aliphatic rings. The van der Waals surface area contributed by atoms with E-state index in [-0.39, 0.29) is 22.4 Å². The Morgan fingerprint density at radius 2 is 2.03 bits per heavy atom. The van der Waals surface area contributed by atoms with Crippen LogP contribution in [0.4, 0.5) is 11.5 Å². The summed E-state index contributed by atoms with van der Waals surface area (Å²) in [6.45, 7) is 5.64. The Hall–Kier alpha value is -2.65. The monoisotopic (exact) mass is 517 g/mol. The topological polar surface area (TPSA) is 99.8 Å². The average Bonchev–Trinajstić information content (AvgIpc) is 3.36. The Kier molecular flexibility index (Phi) is 5.13. The number of hydrogen-bond donors (Lipinski definition) is 2. The standard InChI is InChI=1S/C22H21BrClN5O3/c1-10-5-14(11(2)25-15-3-4-16(24)26-18(15)22(31)32)19-27-20(17(23)21(30)29(19)7-10)28-8-12-6-13(12)9-28/h3-5,7,11-13,25H,6,8-9H2,1-2H3,(H,31,32)/t11-,12?,13?/m1/s1. The summed E-state index contributed by atoms with van der Waals surface area (Å²) in [4.78, 5) is 35.8. The Balaban J connectivity index is 1.60. The van der Waals surface area contributed by atoms with E-state index in [0.29, 0.717) is 33.5 Å². The number of halogens is 2. The molecule has 8 nitrogen and oxygen atoms in total. The van der Waals surface area contributed by atoms with Gasteiger partial charge in [-0.1, -0.05) is 11.6 Å². The number of carboxylic acid groups (broad SMARTS) is 1. The van der Waals surface area contributed by atoms with Gasteiger partial charge in [0.25, 0.3) is 5.56 Å². The van der Waals surface area contributed by atoms with Gasteiger partial charge in [-0.15, -0.1) is 0 Å². The molecule has 0 spiro atoms. The summed E-state index contributed by atoms with van der Waals surface area (Å²) in [6, 6.07) is 4.74. The van der Waals surface area contributed by atoms with Gasteiger partial charge in [-0.3, -0.25) is 9.20 Å². The molecule has 32 heavy (non-hydrogen) atoms. The molecule has 10 heteroatoms. The fraction of sp³-hybridized carbons (Fsp3) is 0.364. The van der Waals surface area contributed by atoms with Crippen molar-refractivity contribution in [2.24, 2.45) is 11.8 Å². The van der Waals surface area contributed by atoms with Crippen LogP contribution < -0.4 is 15.8 Å².